The number of carbonyl (C=O) groups is 3. The molecule has 2 rings (SSSR count). The highest BCUT2D eigenvalue weighted by Crippen LogP contribution is 2.27. The zero-order valence-electron chi connectivity index (χ0n) is 11.0. The second kappa shape index (κ2) is 6.08. The van der Waals surface area contributed by atoms with Crippen molar-refractivity contribution in [1.82, 2.24) is 15.5 Å². The van der Waals surface area contributed by atoms with E-state index in [0.29, 0.717) is 6.04 Å². The van der Waals surface area contributed by atoms with Gasteiger partial charge < -0.3 is 20.8 Å². The molecule has 2 aliphatic rings. The van der Waals surface area contributed by atoms with Gasteiger partial charge in [0.2, 0.25) is 0 Å². The zero-order chi connectivity index (χ0) is 14.7. The van der Waals surface area contributed by atoms with E-state index in [1.54, 1.807) is 0 Å². The molecule has 0 saturated carbocycles. The van der Waals surface area contributed by atoms with Gasteiger partial charge in [-0.2, -0.15) is 0 Å². The first-order valence-electron chi connectivity index (χ1n) is 6.73. The van der Waals surface area contributed by atoms with E-state index in [1.807, 2.05) is 0 Å². The first-order valence-corrected chi connectivity index (χ1v) is 6.73. The Balaban J connectivity index is 1.85. The standard InChI is InChI=1S/C12H19N3O5/c16-10(17)6-8(11(18)19)14-12(20)13-7-3-5-15-4-1-2-9(7)15/h7-9H,1-6H2,(H,16,17)(H,18,19)(H2,13,14,20). The minimum Gasteiger partial charge on any atom is -0.481 e. The molecule has 0 spiro atoms. The largest absolute Gasteiger partial charge is 0.481 e. The van der Waals surface area contributed by atoms with Crippen LogP contribution in [0.1, 0.15) is 25.7 Å². The van der Waals surface area contributed by atoms with E-state index in [9.17, 15) is 14.4 Å². The lowest BCUT2D eigenvalue weighted by molar-refractivity contribution is -0.145. The van der Waals surface area contributed by atoms with Gasteiger partial charge in [-0.1, -0.05) is 0 Å². The maximum Gasteiger partial charge on any atom is 0.326 e. The smallest absolute Gasteiger partial charge is 0.326 e. The SMILES string of the molecule is O=C(O)CC(NC(=O)NC1CCN2CCCC12)C(=O)O. The summed E-state index contributed by atoms with van der Waals surface area (Å²) >= 11 is 0. The summed E-state index contributed by atoms with van der Waals surface area (Å²) in [6, 6.07) is -1.69. The van der Waals surface area contributed by atoms with Crippen LogP contribution in [0.2, 0.25) is 0 Å². The number of nitrogens with zero attached hydrogens (tertiary/aromatic N) is 1. The summed E-state index contributed by atoms with van der Waals surface area (Å²) in [4.78, 5) is 35.5. The van der Waals surface area contributed by atoms with Crippen molar-refractivity contribution in [2.45, 2.75) is 43.8 Å². The summed E-state index contributed by atoms with van der Waals surface area (Å²) in [5, 5.41) is 22.4. The maximum absolute atomic E-state index is 11.8. The second-order valence-electron chi connectivity index (χ2n) is 5.25. The summed E-state index contributed by atoms with van der Waals surface area (Å²) in [7, 11) is 0. The number of hydrogen-bond acceptors (Lipinski definition) is 4. The number of amides is 2. The third-order valence-corrected chi connectivity index (χ3v) is 3.90. The van der Waals surface area contributed by atoms with Crippen molar-refractivity contribution in [3.8, 4) is 0 Å². The van der Waals surface area contributed by atoms with Crippen molar-refractivity contribution in [2.75, 3.05) is 13.1 Å². The first kappa shape index (κ1) is 14.6. The predicted molar refractivity (Wildman–Crippen MR) is 68.3 cm³/mol. The van der Waals surface area contributed by atoms with Crippen molar-refractivity contribution in [3.63, 3.8) is 0 Å². The van der Waals surface area contributed by atoms with Gasteiger partial charge in [-0.05, 0) is 25.8 Å². The molecule has 0 aromatic carbocycles. The monoisotopic (exact) mass is 285 g/mol. The maximum atomic E-state index is 11.8. The van der Waals surface area contributed by atoms with Crippen LogP contribution in [0.4, 0.5) is 4.79 Å². The van der Waals surface area contributed by atoms with Crippen LogP contribution in [-0.4, -0.2) is 64.3 Å². The number of hydrogen-bond donors (Lipinski definition) is 4. The molecule has 3 atom stereocenters. The summed E-state index contributed by atoms with van der Waals surface area (Å²) in [6.07, 6.45) is 2.35. The van der Waals surface area contributed by atoms with Gasteiger partial charge in [0.05, 0.1) is 6.42 Å². The Labute approximate surface area is 116 Å². The lowest BCUT2D eigenvalue weighted by Crippen LogP contribution is -2.51. The fourth-order valence-electron chi connectivity index (χ4n) is 2.99. The van der Waals surface area contributed by atoms with E-state index in [4.69, 9.17) is 10.2 Å². The molecule has 20 heavy (non-hydrogen) atoms. The normalized spacial score (nSPS) is 26.8. The van der Waals surface area contributed by atoms with Crippen LogP contribution in [0.15, 0.2) is 0 Å². The van der Waals surface area contributed by atoms with Crippen molar-refractivity contribution >= 4 is 18.0 Å². The summed E-state index contributed by atoms with van der Waals surface area (Å²) < 4.78 is 0. The number of carboxylic acid groups (broad SMARTS) is 2. The molecule has 0 aromatic rings. The van der Waals surface area contributed by atoms with E-state index in [2.05, 4.69) is 15.5 Å². The van der Waals surface area contributed by atoms with Crippen LogP contribution in [0.3, 0.4) is 0 Å². The Hall–Kier alpha value is -1.83. The number of fused-ring (bicyclic) bond motifs is 1. The van der Waals surface area contributed by atoms with Crippen LogP contribution in [0.25, 0.3) is 0 Å². The Morgan fingerprint density at radius 2 is 1.95 bits per heavy atom. The first-order chi connectivity index (χ1) is 9.47. The van der Waals surface area contributed by atoms with Crippen LogP contribution >= 0.6 is 0 Å². The van der Waals surface area contributed by atoms with Gasteiger partial charge in [0.15, 0.2) is 0 Å². The van der Waals surface area contributed by atoms with Crippen LogP contribution in [-0.2, 0) is 9.59 Å². The summed E-state index contributed by atoms with van der Waals surface area (Å²) in [5.41, 5.74) is 0. The van der Waals surface area contributed by atoms with Gasteiger partial charge in [-0.15, -0.1) is 0 Å². The van der Waals surface area contributed by atoms with E-state index in [1.165, 1.54) is 0 Å². The van der Waals surface area contributed by atoms with Crippen LogP contribution in [0.5, 0.6) is 0 Å². The third kappa shape index (κ3) is 3.38. The lowest BCUT2D eigenvalue weighted by atomic mass is 10.1. The molecule has 8 nitrogen and oxygen atoms in total. The molecule has 2 amide bonds. The zero-order valence-corrected chi connectivity index (χ0v) is 11.0. The Bertz CT molecular complexity index is 414. The number of carboxylic acids is 2. The molecular weight excluding hydrogens is 266 g/mol. The van der Waals surface area contributed by atoms with Crippen molar-refractivity contribution < 1.29 is 24.6 Å². The fraction of sp³-hybridized carbons (Fsp3) is 0.750. The molecule has 2 aliphatic heterocycles. The lowest BCUT2D eigenvalue weighted by Gasteiger charge is -2.22. The van der Waals surface area contributed by atoms with Crippen LogP contribution in [0, 0.1) is 0 Å². The fourth-order valence-corrected chi connectivity index (χ4v) is 2.99. The molecule has 8 heteroatoms. The molecule has 0 aromatic heterocycles. The minimum absolute atomic E-state index is 0.0109. The molecule has 2 saturated heterocycles. The van der Waals surface area contributed by atoms with Gasteiger partial charge >= 0.3 is 18.0 Å². The molecule has 4 N–H and O–H groups in total. The topological polar surface area (TPSA) is 119 Å². The molecule has 0 radical (unpaired) electrons. The highest BCUT2D eigenvalue weighted by Gasteiger charge is 2.38. The molecular formula is C12H19N3O5. The number of carbonyl (C=O) groups excluding carboxylic acids is 1. The van der Waals surface area contributed by atoms with Gasteiger partial charge in [-0.3, -0.25) is 9.69 Å². The van der Waals surface area contributed by atoms with E-state index in [0.717, 1.165) is 32.4 Å². The molecule has 0 bridgehead atoms. The quantitative estimate of drug-likeness (QED) is 0.538. The number of nitrogens with one attached hydrogen (secondary N) is 2. The Kier molecular flexibility index (Phi) is 4.43. The van der Waals surface area contributed by atoms with Gasteiger partial charge in [0.25, 0.3) is 0 Å². The van der Waals surface area contributed by atoms with Crippen molar-refractivity contribution in [1.29, 1.82) is 0 Å². The summed E-state index contributed by atoms with van der Waals surface area (Å²) in [5.74, 6) is -2.61. The molecule has 3 unspecified atom stereocenters. The molecule has 2 heterocycles. The van der Waals surface area contributed by atoms with Gasteiger partial charge in [-0.25, -0.2) is 9.59 Å². The number of rotatable bonds is 5. The molecule has 2 fully saturated rings. The average Bonchev–Trinajstić information content (AvgIpc) is 2.92. The minimum atomic E-state index is -1.41. The third-order valence-electron chi connectivity index (χ3n) is 3.90. The number of aliphatic carboxylic acids is 2. The van der Waals surface area contributed by atoms with Crippen molar-refractivity contribution in [2.24, 2.45) is 0 Å². The van der Waals surface area contributed by atoms with Gasteiger partial charge in [0, 0.05) is 18.6 Å². The van der Waals surface area contributed by atoms with E-state index < -0.39 is 30.4 Å². The molecule has 112 valence electrons. The highest BCUT2D eigenvalue weighted by molar-refractivity contribution is 5.86. The van der Waals surface area contributed by atoms with Gasteiger partial charge in [0.1, 0.15) is 6.04 Å². The van der Waals surface area contributed by atoms with E-state index in [-0.39, 0.29) is 6.04 Å². The van der Waals surface area contributed by atoms with Crippen molar-refractivity contribution in [3.05, 3.63) is 0 Å². The predicted octanol–water partition coefficient (Wildman–Crippen LogP) is -0.550. The number of urea groups is 1. The second-order valence-corrected chi connectivity index (χ2v) is 5.25. The summed E-state index contributed by atoms with van der Waals surface area (Å²) in [6.45, 7) is 1.98. The van der Waals surface area contributed by atoms with Crippen LogP contribution < -0.4 is 10.6 Å². The Morgan fingerprint density at radius 3 is 2.60 bits per heavy atom. The molecule has 0 aliphatic carbocycles. The highest BCUT2D eigenvalue weighted by atomic mass is 16.4. The van der Waals surface area contributed by atoms with E-state index >= 15 is 0 Å². The Morgan fingerprint density at radius 1 is 1.20 bits per heavy atom. The average molecular weight is 285 g/mol.